The van der Waals surface area contributed by atoms with Gasteiger partial charge in [0.2, 0.25) is 0 Å². The molecule has 0 fully saturated rings. The Morgan fingerprint density at radius 2 is 1.53 bits per heavy atom. The summed E-state index contributed by atoms with van der Waals surface area (Å²) in [5.74, 6) is 0. The molecule has 0 spiro atoms. The molecule has 4 heterocycles. The van der Waals surface area contributed by atoms with E-state index in [9.17, 15) is 0 Å². The molecule has 4 aromatic heterocycles. The van der Waals surface area contributed by atoms with Gasteiger partial charge in [-0.25, -0.2) is 4.98 Å². The van der Waals surface area contributed by atoms with Gasteiger partial charge in [0.1, 0.15) is 0 Å². The molecule has 1 aliphatic rings. The number of pyridine rings is 1. The topological polar surface area (TPSA) is 92.7 Å². The first-order chi connectivity index (χ1) is 15.9. The fourth-order valence-corrected chi connectivity index (χ4v) is 4.05. The van der Waals surface area contributed by atoms with Crippen LogP contribution in [0.15, 0.2) is 36.9 Å². The maximum Gasteiger partial charge on any atom is 2.00 e. The molecule has 1 aliphatic carbocycles. The van der Waals surface area contributed by atoms with E-state index in [1.54, 1.807) is 12.4 Å². The van der Waals surface area contributed by atoms with Crippen molar-refractivity contribution in [1.82, 2.24) is 35.3 Å². The average molecular weight is 637 g/mol. The quantitative estimate of drug-likeness (QED) is 0.324. The predicted octanol–water partition coefficient (Wildman–Crippen LogP) is 4.64. The average Bonchev–Trinajstić information content (AvgIpc) is 3.43. The third-order valence-electron chi connectivity index (χ3n) is 6.06. The first-order valence-electron chi connectivity index (χ1n) is 11.6. The van der Waals surface area contributed by atoms with Gasteiger partial charge in [-0.05, 0) is 73.3 Å². The molecule has 0 aromatic carbocycles. The Balaban J connectivity index is 0.000000250. The summed E-state index contributed by atoms with van der Waals surface area (Å²) in [5.41, 5.74) is 9.25. The van der Waals surface area contributed by atoms with Gasteiger partial charge in [0.15, 0.2) is 0 Å². The smallest absolute Gasteiger partial charge is 0.573 e. The fourth-order valence-electron chi connectivity index (χ4n) is 4.05. The molecular formula is C26H31N7Pt. The largest absolute Gasteiger partial charge is 2.00 e. The second kappa shape index (κ2) is 11.2. The molecule has 5 rings (SSSR count). The molecular weight excluding hydrogens is 605 g/mol. The zero-order valence-electron chi connectivity index (χ0n) is 20.4. The number of fused-ring (bicyclic) bond motifs is 1. The molecule has 7 nitrogen and oxygen atoms in total. The number of rotatable bonds is 3. The number of hydrogen-bond donors (Lipinski definition) is 0. The molecule has 8 heteroatoms. The van der Waals surface area contributed by atoms with Crippen LogP contribution in [0.2, 0.25) is 0 Å². The number of hydrogen-bond acceptors (Lipinski definition) is 5. The summed E-state index contributed by atoms with van der Waals surface area (Å²) in [6.45, 7) is 10.7. The van der Waals surface area contributed by atoms with Crippen molar-refractivity contribution in [3.8, 4) is 22.8 Å². The summed E-state index contributed by atoms with van der Waals surface area (Å²) < 4.78 is 0. The molecule has 180 valence electrons. The van der Waals surface area contributed by atoms with Gasteiger partial charge in [0, 0.05) is 23.8 Å². The monoisotopic (exact) mass is 636 g/mol. The van der Waals surface area contributed by atoms with Crippen molar-refractivity contribution < 1.29 is 21.1 Å². The van der Waals surface area contributed by atoms with Crippen molar-refractivity contribution in [2.75, 3.05) is 0 Å². The molecule has 0 atom stereocenters. The summed E-state index contributed by atoms with van der Waals surface area (Å²) in [6.07, 6.45) is 12.5. The van der Waals surface area contributed by atoms with Gasteiger partial charge < -0.3 is 20.4 Å². The first kappa shape index (κ1) is 26.0. The molecule has 0 saturated heterocycles. The van der Waals surface area contributed by atoms with Crippen molar-refractivity contribution in [2.24, 2.45) is 0 Å². The van der Waals surface area contributed by atoms with E-state index in [4.69, 9.17) is 4.98 Å². The van der Waals surface area contributed by atoms with Gasteiger partial charge in [0.05, 0.1) is 23.8 Å². The molecule has 0 unspecified atom stereocenters. The van der Waals surface area contributed by atoms with E-state index >= 15 is 0 Å². The Kier molecular flexibility index (Phi) is 8.53. The van der Waals surface area contributed by atoms with Crippen LogP contribution in [0.4, 0.5) is 0 Å². The van der Waals surface area contributed by atoms with Crippen molar-refractivity contribution in [1.29, 1.82) is 0 Å². The standard InChI is InChI=1S/C17H18N6.C9H13N.Pt/c1-3-12-10(2)16(22-20-12)14-8-18-9-15(19-14)17-11-6-4-5-7-13(11)21-23-17;1-9(2,3)8-4-6-10-7-5-8;/h8-9H,3-7H2,1-2H3;4-7H,1-3H3;/q-2;;+2. The third kappa shape index (κ3) is 5.69. The zero-order chi connectivity index (χ0) is 23.4. The number of aryl methyl sites for hydroxylation is 2. The van der Waals surface area contributed by atoms with Crippen LogP contribution in [0, 0.1) is 6.92 Å². The molecule has 0 radical (unpaired) electrons. The second-order valence-electron chi connectivity index (χ2n) is 9.43. The zero-order valence-corrected chi connectivity index (χ0v) is 22.7. The normalized spacial score (nSPS) is 12.9. The molecule has 34 heavy (non-hydrogen) atoms. The third-order valence-corrected chi connectivity index (χ3v) is 6.06. The van der Waals surface area contributed by atoms with Crippen molar-refractivity contribution in [3.05, 3.63) is 65.0 Å². The minimum absolute atomic E-state index is 0. The Bertz CT molecular complexity index is 1210. The summed E-state index contributed by atoms with van der Waals surface area (Å²) in [4.78, 5) is 13.0. The van der Waals surface area contributed by atoms with E-state index in [0.29, 0.717) is 0 Å². The summed E-state index contributed by atoms with van der Waals surface area (Å²) in [5, 5.41) is 17.2. The number of nitrogens with zero attached hydrogens (tertiary/aromatic N) is 7. The van der Waals surface area contributed by atoms with Gasteiger partial charge in [-0.1, -0.05) is 39.1 Å². The Morgan fingerprint density at radius 1 is 0.882 bits per heavy atom. The molecule has 0 aliphatic heterocycles. The maximum absolute atomic E-state index is 4.73. The molecule has 0 bridgehead atoms. The Hall–Kier alpha value is -2.66. The van der Waals surface area contributed by atoms with Crippen LogP contribution in [-0.2, 0) is 45.7 Å². The van der Waals surface area contributed by atoms with Crippen LogP contribution in [0.25, 0.3) is 22.8 Å². The van der Waals surface area contributed by atoms with Crippen molar-refractivity contribution in [2.45, 2.75) is 72.1 Å². The SMILES string of the molecule is CC(C)(C)c1ccncc1.CCc1n[n-]c(-c2cncc(-c3[n-]nc4c3CCCC4)n2)c1C.[Pt+2]. The van der Waals surface area contributed by atoms with E-state index < -0.39 is 0 Å². The summed E-state index contributed by atoms with van der Waals surface area (Å²) in [7, 11) is 0. The van der Waals surface area contributed by atoms with Crippen LogP contribution in [0.5, 0.6) is 0 Å². The van der Waals surface area contributed by atoms with E-state index in [0.717, 1.165) is 59.0 Å². The molecule has 0 saturated carbocycles. The van der Waals surface area contributed by atoms with Crippen LogP contribution in [0.3, 0.4) is 0 Å². The maximum atomic E-state index is 4.73. The van der Waals surface area contributed by atoms with Crippen LogP contribution in [0.1, 0.15) is 68.6 Å². The van der Waals surface area contributed by atoms with Gasteiger partial charge in [-0.15, -0.1) is 0 Å². The minimum Gasteiger partial charge on any atom is -0.573 e. The summed E-state index contributed by atoms with van der Waals surface area (Å²) >= 11 is 0. The van der Waals surface area contributed by atoms with Gasteiger partial charge >= 0.3 is 21.1 Å². The van der Waals surface area contributed by atoms with E-state index in [-0.39, 0.29) is 26.5 Å². The van der Waals surface area contributed by atoms with Crippen molar-refractivity contribution in [3.63, 3.8) is 0 Å². The van der Waals surface area contributed by atoms with Crippen LogP contribution < -0.4 is 10.2 Å². The van der Waals surface area contributed by atoms with Crippen LogP contribution in [-0.4, -0.2) is 25.1 Å². The van der Waals surface area contributed by atoms with Gasteiger partial charge in [-0.3, -0.25) is 9.97 Å². The molecule has 0 N–H and O–H groups in total. The van der Waals surface area contributed by atoms with Crippen LogP contribution >= 0.6 is 0 Å². The Labute approximate surface area is 215 Å². The minimum atomic E-state index is 0. The van der Waals surface area contributed by atoms with E-state index in [2.05, 4.69) is 70.2 Å². The van der Waals surface area contributed by atoms with Gasteiger partial charge in [-0.2, -0.15) is 0 Å². The summed E-state index contributed by atoms with van der Waals surface area (Å²) in [6, 6.07) is 4.11. The molecule has 0 amide bonds. The van der Waals surface area contributed by atoms with Crippen molar-refractivity contribution >= 4 is 0 Å². The fraction of sp³-hybridized carbons (Fsp3) is 0.423. The first-order valence-corrected chi connectivity index (χ1v) is 11.6. The Morgan fingerprint density at radius 3 is 2.15 bits per heavy atom. The van der Waals surface area contributed by atoms with E-state index in [1.807, 2.05) is 19.3 Å². The van der Waals surface area contributed by atoms with Gasteiger partial charge in [0.25, 0.3) is 0 Å². The molecule has 4 aromatic rings. The second-order valence-corrected chi connectivity index (χ2v) is 9.43. The number of aromatic nitrogens is 7. The van der Waals surface area contributed by atoms with E-state index in [1.165, 1.54) is 24.0 Å². The predicted molar refractivity (Wildman–Crippen MR) is 129 cm³/mol.